The number of aliphatic carboxylic acids is 1. The summed E-state index contributed by atoms with van der Waals surface area (Å²) >= 11 is 1.69. The normalized spacial score (nSPS) is 19.4. The largest absolute Gasteiger partial charge is 0.487 e. The molecule has 0 aliphatic carbocycles. The average Bonchev–Trinajstić information content (AvgIpc) is 3.52. The van der Waals surface area contributed by atoms with E-state index in [1.807, 2.05) is 38.0 Å². The van der Waals surface area contributed by atoms with Crippen LogP contribution in [0.3, 0.4) is 0 Å². The Hall–Kier alpha value is -3.86. The molecule has 0 fully saturated rings. The first-order valence-corrected chi connectivity index (χ1v) is 14.3. The van der Waals surface area contributed by atoms with E-state index in [9.17, 15) is 14.7 Å². The van der Waals surface area contributed by atoms with E-state index < -0.39 is 5.97 Å². The number of nitrogens with zero attached hydrogens (tertiary/aromatic N) is 2. The Morgan fingerprint density at radius 1 is 1.20 bits per heavy atom. The van der Waals surface area contributed by atoms with Gasteiger partial charge in [0.2, 0.25) is 5.56 Å². The number of pyridine rings is 1. The molecule has 0 bridgehead atoms. The van der Waals surface area contributed by atoms with Crippen molar-refractivity contribution in [3.05, 3.63) is 86.1 Å². The molecular formula is C30H33N5O4S. The van der Waals surface area contributed by atoms with Gasteiger partial charge in [0.15, 0.2) is 0 Å². The van der Waals surface area contributed by atoms with Crippen LogP contribution in [0.2, 0.25) is 0 Å². The number of rotatable bonds is 6. The molecule has 0 saturated carbocycles. The smallest absolute Gasteiger partial charge is 0.304 e. The molecule has 10 heteroatoms. The van der Waals surface area contributed by atoms with Crippen molar-refractivity contribution in [2.24, 2.45) is 0 Å². The molecule has 40 heavy (non-hydrogen) atoms. The molecule has 0 radical (unpaired) electrons. The molecule has 2 aromatic heterocycles. The van der Waals surface area contributed by atoms with E-state index in [4.69, 9.17) is 4.74 Å². The molecule has 3 atom stereocenters. The summed E-state index contributed by atoms with van der Waals surface area (Å²) in [6, 6.07) is 13.7. The predicted molar refractivity (Wildman–Crippen MR) is 158 cm³/mol. The fraction of sp³-hybridized carbons (Fsp3) is 0.333. The van der Waals surface area contributed by atoms with Crippen LogP contribution in [0.4, 0.5) is 11.4 Å². The summed E-state index contributed by atoms with van der Waals surface area (Å²) in [4.78, 5) is 29.6. The van der Waals surface area contributed by atoms with Crippen molar-refractivity contribution >= 4 is 38.8 Å². The number of carbonyl (C=O) groups is 1. The van der Waals surface area contributed by atoms with E-state index >= 15 is 0 Å². The van der Waals surface area contributed by atoms with Crippen LogP contribution in [-0.4, -0.2) is 40.7 Å². The molecule has 0 amide bonds. The Balaban J connectivity index is 1.42. The zero-order chi connectivity index (χ0) is 28.1. The molecule has 0 spiro atoms. The molecule has 4 heterocycles. The third kappa shape index (κ3) is 4.72. The van der Waals surface area contributed by atoms with E-state index in [0.717, 1.165) is 44.7 Å². The lowest BCUT2D eigenvalue weighted by Crippen LogP contribution is -2.33. The average molecular weight is 560 g/mol. The predicted octanol–water partition coefficient (Wildman–Crippen LogP) is 5.13. The van der Waals surface area contributed by atoms with Crippen LogP contribution in [0, 0.1) is 6.92 Å². The summed E-state index contributed by atoms with van der Waals surface area (Å²) in [6.45, 7) is 7.49. The van der Waals surface area contributed by atoms with Crippen LogP contribution in [0.5, 0.6) is 5.75 Å². The summed E-state index contributed by atoms with van der Waals surface area (Å²) in [5, 5.41) is 15.1. The first-order valence-electron chi connectivity index (χ1n) is 13.4. The number of hydrazine groups is 2. The van der Waals surface area contributed by atoms with Crippen LogP contribution in [0.25, 0.3) is 10.1 Å². The van der Waals surface area contributed by atoms with Gasteiger partial charge in [-0.3, -0.25) is 19.5 Å². The van der Waals surface area contributed by atoms with Crippen molar-refractivity contribution in [1.82, 2.24) is 15.4 Å². The molecule has 0 saturated heterocycles. The molecule has 2 aliphatic heterocycles. The number of hydrogen-bond acceptors (Lipinski definition) is 8. The summed E-state index contributed by atoms with van der Waals surface area (Å²) in [6.07, 6.45) is -0.0814. The molecule has 4 aromatic rings. The maximum Gasteiger partial charge on any atom is 0.304 e. The van der Waals surface area contributed by atoms with Gasteiger partial charge in [-0.15, -0.1) is 16.9 Å². The minimum atomic E-state index is -0.840. The highest BCUT2D eigenvalue weighted by Gasteiger charge is 2.30. The number of anilines is 2. The van der Waals surface area contributed by atoms with Gasteiger partial charge < -0.3 is 20.3 Å². The number of carboxylic acids is 1. The van der Waals surface area contributed by atoms with Crippen molar-refractivity contribution in [3.63, 3.8) is 0 Å². The van der Waals surface area contributed by atoms with Crippen molar-refractivity contribution in [1.29, 1.82) is 0 Å². The van der Waals surface area contributed by atoms with Gasteiger partial charge in [-0.05, 0) is 78.1 Å². The Morgan fingerprint density at radius 3 is 2.83 bits per heavy atom. The Morgan fingerprint density at radius 2 is 2.02 bits per heavy atom. The zero-order valence-corrected chi connectivity index (χ0v) is 23.8. The fourth-order valence-electron chi connectivity index (χ4n) is 6.05. The van der Waals surface area contributed by atoms with E-state index in [0.29, 0.717) is 18.8 Å². The van der Waals surface area contributed by atoms with Gasteiger partial charge in [-0.2, -0.15) is 0 Å². The first-order chi connectivity index (χ1) is 19.2. The number of hydrogen-bond donors (Lipinski definition) is 4. The second-order valence-corrected chi connectivity index (χ2v) is 11.7. The third-order valence-corrected chi connectivity index (χ3v) is 9.08. The van der Waals surface area contributed by atoms with Crippen LogP contribution in [0.1, 0.15) is 60.2 Å². The molecule has 208 valence electrons. The van der Waals surface area contributed by atoms with Gasteiger partial charge >= 0.3 is 5.97 Å². The lowest BCUT2D eigenvalue weighted by molar-refractivity contribution is -0.137. The van der Waals surface area contributed by atoms with E-state index in [1.54, 1.807) is 17.4 Å². The second-order valence-electron chi connectivity index (χ2n) is 10.8. The van der Waals surface area contributed by atoms with Crippen LogP contribution in [-0.2, 0) is 11.3 Å². The Kier molecular flexibility index (Phi) is 6.77. The van der Waals surface area contributed by atoms with Gasteiger partial charge in [0.1, 0.15) is 11.9 Å². The quantitative estimate of drug-likeness (QED) is 0.257. The lowest BCUT2D eigenvalue weighted by Gasteiger charge is -2.28. The number of aromatic nitrogens is 1. The van der Waals surface area contributed by atoms with Crippen LogP contribution >= 0.6 is 11.3 Å². The highest BCUT2D eigenvalue weighted by Crippen LogP contribution is 2.41. The van der Waals surface area contributed by atoms with Gasteiger partial charge in [0.25, 0.3) is 0 Å². The summed E-state index contributed by atoms with van der Waals surface area (Å²) in [7, 11) is 1.94. The maximum atomic E-state index is 12.2. The fourth-order valence-corrected chi connectivity index (χ4v) is 6.93. The van der Waals surface area contributed by atoms with Crippen molar-refractivity contribution in [3.8, 4) is 5.75 Å². The summed E-state index contributed by atoms with van der Waals surface area (Å²) < 4.78 is 7.34. The first kappa shape index (κ1) is 26.4. The highest BCUT2D eigenvalue weighted by molar-refractivity contribution is 7.17. The van der Waals surface area contributed by atoms with Crippen LogP contribution < -0.4 is 26.3 Å². The molecule has 2 aromatic carbocycles. The monoisotopic (exact) mass is 559 g/mol. The summed E-state index contributed by atoms with van der Waals surface area (Å²) in [5.41, 5.74) is 13.1. The maximum absolute atomic E-state index is 12.2. The minimum absolute atomic E-state index is 0.0163. The van der Waals surface area contributed by atoms with E-state index in [2.05, 4.69) is 51.3 Å². The molecule has 4 N–H and O–H groups in total. The van der Waals surface area contributed by atoms with Gasteiger partial charge in [-0.1, -0.05) is 12.1 Å². The minimum Gasteiger partial charge on any atom is -0.487 e. The number of thiophene rings is 1. The molecule has 0 unspecified atom stereocenters. The third-order valence-electron chi connectivity index (χ3n) is 8.07. The number of benzene rings is 2. The number of fused-ring (bicyclic) bond motifs is 3. The second kappa shape index (κ2) is 10.3. The number of ether oxygens (including phenoxy) is 1. The number of nitrogens with one attached hydrogen (secondary N) is 3. The standard InChI is InChI=1S/C30H33N5O4S/c1-16-14-35(18(3)29-25(39-16)7-8-26(36)31-29)15-21-12-20(11-19-9-10-40-30(19)21)23(13-27(37)38)22-5-6-24-28(17(22)2)32-33-34(24)4/h5-12,16,18,23,32-33H,13-15H2,1-4H3,(H,31,36)(H,37,38)/t16-,18+,23-/m1/s1. The van der Waals surface area contributed by atoms with E-state index in [-0.39, 0.29) is 30.0 Å². The Bertz CT molecular complexity index is 1660. The van der Waals surface area contributed by atoms with E-state index in [1.165, 1.54) is 10.8 Å². The topological polar surface area (TPSA) is 110 Å². The van der Waals surface area contributed by atoms with Crippen molar-refractivity contribution in [2.45, 2.75) is 51.8 Å². The number of aromatic amines is 1. The molecular weight excluding hydrogens is 526 g/mol. The number of H-pyrrole nitrogens is 1. The van der Waals surface area contributed by atoms with Gasteiger partial charge in [-0.25, -0.2) is 0 Å². The molecule has 2 aliphatic rings. The molecule has 9 nitrogen and oxygen atoms in total. The zero-order valence-electron chi connectivity index (χ0n) is 22.9. The Labute approximate surface area is 236 Å². The summed E-state index contributed by atoms with van der Waals surface area (Å²) in [5.74, 6) is -0.452. The van der Waals surface area contributed by atoms with Crippen molar-refractivity contribution in [2.75, 3.05) is 24.0 Å². The highest BCUT2D eigenvalue weighted by atomic mass is 32.1. The van der Waals surface area contributed by atoms with Gasteiger partial charge in [0.05, 0.1) is 29.5 Å². The SMILES string of the molecule is Cc1c([C@H](CC(=O)O)c2cc(CN3C[C@@H](C)Oc4ccc(=O)[nH]c4[C@@H]3C)c3sccc3c2)ccc2c1NNN2C. The van der Waals surface area contributed by atoms with Crippen molar-refractivity contribution < 1.29 is 14.6 Å². The molecule has 6 rings (SSSR count). The lowest BCUT2D eigenvalue weighted by atomic mass is 9.84. The van der Waals surface area contributed by atoms with Crippen LogP contribution in [0.15, 0.2) is 52.6 Å². The van der Waals surface area contributed by atoms with Gasteiger partial charge in [0, 0.05) is 36.8 Å². The number of carboxylic acid groups (broad SMARTS) is 1.